The van der Waals surface area contributed by atoms with Crippen LogP contribution in [-0.2, 0) is 13.2 Å². The van der Waals surface area contributed by atoms with E-state index in [0.29, 0.717) is 5.56 Å². The summed E-state index contributed by atoms with van der Waals surface area (Å²) in [5.41, 5.74) is 0.560. The van der Waals surface area contributed by atoms with Crippen LogP contribution in [0.1, 0.15) is 11.1 Å². The summed E-state index contributed by atoms with van der Waals surface area (Å²) < 4.78 is 37.7. The number of rotatable bonds is 5. The van der Waals surface area contributed by atoms with Gasteiger partial charge in [-0.05, 0) is 12.1 Å². The Morgan fingerprint density at radius 1 is 1.05 bits per heavy atom. The number of hydrogen-bond donors (Lipinski definition) is 1. The first-order valence-corrected chi connectivity index (χ1v) is 5.99. The molecule has 0 saturated heterocycles. The van der Waals surface area contributed by atoms with Gasteiger partial charge in [0, 0.05) is 11.1 Å². The first kappa shape index (κ1) is 14.3. The summed E-state index contributed by atoms with van der Waals surface area (Å²) in [6.07, 6.45) is 0. The van der Waals surface area contributed by atoms with Crippen molar-refractivity contribution in [3.8, 4) is 11.5 Å². The Morgan fingerprint density at radius 2 is 1.75 bits per heavy atom. The van der Waals surface area contributed by atoms with Gasteiger partial charge in [0.05, 0.1) is 13.7 Å². The van der Waals surface area contributed by atoms with Gasteiger partial charge in [-0.1, -0.05) is 24.3 Å². The summed E-state index contributed by atoms with van der Waals surface area (Å²) >= 11 is 0. The van der Waals surface area contributed by atoms with Crippen LogP contribution in [0.25, 0.3) is 0 Å². The molecule has 0 bridgehead atoms. The maximum atomic E-state index is 13.9. The van der Waals surface area contributed by atoms with E-state index in [9.17, 15) is 8.78 Å². The molecule has 20 heavy (non-hydrogen) atoms. The first-order chi connectivity index (χ1) is 9.67. The van der Waals surface area contributed by atoms with Gasteiger partial charge in [0.15, 0.2) is 23.1 Å². The first-order valence-electron chi connectivity index (χ1n) is 5.99. The van der Waals surface area contributed by atoms with Crippen LogP contribution < -0.4 is 9.47 Å². The van der Waals surface area contributed by atoms with Gasteiger partial charge < -0.3 is 14.6 Å². The van der Waals surface area contributed by atoms with Crippen molar-refractivity contribution in [1.29, 1.82) is 0 Å². The monoisotopic (exact) mass is 280 g/mol. The number of hydrogen-bond acceptors (Lipinski definition) is 3. The fourth-order valence-corrected chi connectivity index (χ4v) is 1.81. The molecular weight excluding hydrogens is 266 g/mol. The minimum Gasteiger partial charge on any atom is -0.494 e. The average Bonchev–Trinajstić information content (AvgIpc) is 2.47. The molecular formula is C15H14F2O3. The lowest BCUT2D eigenvalue weighted by molar-refractivity contribution is 0.248. The van der Waals surface area contributed by atoms with Crippen molar-refractivity contribution in [2.24, 2.45) is 0 Å². The van der Waals surface area contributed by atoms with E-state index in [4.69, 9.17) is 14.6 Å². The highest BCUT2D eigenvalue weighted by atomic mass is 19.1. The molecule has 0 spiro atoms. The maximum absolute atomic E-state index is 13.9. The molecule has 3 nitrogen and oxygen atoms in total. The highest BCUT2D eigenvalue weighted by molar-refractivity contribution is 5.35. The second-order valence-electron chi connectivity index (χ2n) is 4.11. The van der Waals surface area contributed by atoms with Crippen LogP contribution in [0.15, 0.2) is 36.4 Å². The van der Waals surface area contributed by atoms with E-state index >= 15 is 0 Å². The Labute approximate surface area is 115 Å². The molecule has 0 radical (unpaired) electrons. The van der Waals surface area contributed by atoms with Crippen LogP contribution in [0.5, 0.6) is 11.5 Å². The minimum absolute atomic E-state index is 0.0720. The Kier molecular flexibility index (Phi) is 4.53. The molecule has 0 heterocycles. The zero-order valence-electron chi connectivity index (χ0n) is 10.9. The quantitative estimate of drug-likeness (QED) is 0.915. The molecule has 106 valence electrons. The van der Waals surface area contributed by atoms with Crippen molar-refractivity contribution < 1.29 is 23.4 Å². The number of methoxy groups -OCH3 is 1. The summed E-state index contributed by atoms with van der Waals surface area (Å²) in [6.45, 7) is -0.509. The van der Waals surface area contributed by atoms with Gasteiger partial charge in [0.1, 0.15) is 6.61 Å². The van der Waals surface area contributed by atoms with Crippen LogP contribution >= 0.6 is 0 Å². The van der Waals surface area contributed by atoms with Gasteiger partial charge in [0.25, 0.3) is 0 Å². The largest absolute Gasteiger partial charge is 0.494 e. The molecule has 1 N–H and O–H groups in total. The molecule has 0 amide bonds. The molecule has 0 atom stereocenters. The average molecular weight is 280 g/mol. The van der Waals surface area contributed by atoms with Crippen molar-refractivity contribution in [3.63, 3.8) is 0 Å². The van der Waals surface area contributed by atoms with Crippen LogP contribution in [0.3, 0.4) is 0 Å². The third-order valence-electron chi connectivity index (χ3n) is 2.85. The Bertz CT molecular complexity index is 600. The number of aliphatic hydroxyl groups excluding tert-OH is 1. The number of halogens is 2. The van der Waals surface area contributed by atoms with E-state index in [-0.39, 0.29) is 30.3 Å². The summed E-state index contributed by atoms with van der Waals surface area (Å²) in [4.78, 5) is 0. The van der Waals surface area contributed by atoms with E-state index in [1.807, 2.05) is 0 Å². The zero-order chi connectivity index (χ0) is 14.5. The van der Waals surface area contributed by atoms with Gasteiger partial charge in [-0.2, -0.15) is 0 Å². The fraction of sp³-hybridized carbons (Fsp3) is 0.200. The molecule has 5 heteroatoms. The maximum Gasteiger partial charge on any atom is 0.171 e. The van der Waals surface area contributed by atoms with Gasteiger partial charge in [-0.15, -0.1) is 0 Å². The smallest absolute Gasteiger partial charge is 0.171 e. The molecule has 0 unspecified atom stereocenters. The Balaban J connectivity index is 2.21. The van der Waals surface area contributed by atoms with Crippen LogP contribution in [0.4, 0.5) is 8.78 Å². The molecule has 0 aliphatic rings. The zero-order valence-corrected chi connectivity index (χ0v) is 10.9. The highest BCUT2D eigenvalue weighted by Gasteiger charge is 2.12. The SMILES string of the molecule is COc1cccc(COc2c(F)cccc2CO)c1F. The Hall–Kier alpha value is -2.14. The molecule has 2 aromatic rings. The summed E-state index contributed by atoms with van der Waals surface area (Å²) in [6, 6.07) is 8.87. The molecule has 2 rings (SSSR count). The summed E-state index contributed by atoms with van der Waals surface area (Å²) in [7, 11) is 1.36. The lowest BCUT2D eigenvalue weighted by Crippen LogP contribution is -2.03. The number of para-hydroxylation sites is 1. The van der Waals surface area contributed by atoms with E-state index in [2.05, 4.69) is 0 Å². The number of aliphatic hydroxyl groups is 1. The van der Waals surface area contributed by atoms with Crippen LogP contribution in [0.2, 0.25) is 0 Å². The standard InChI is InChI=1S/C15H14F2O3/c1-19-13-7-3-5-11(14(13)17)9-20-15-10(8-18)4-2-6-12(15)16/h2-7,18H,8-9H2,1H3. The molecule has 0 fully saturated rings. The molecule has 0 saturated carbocycles. The van der Waals surface area contributed by atoms with E-state index in [1.54, 1.807) is 12.1 Å². The van der Waals surface area contributed by atoms with E-state index in [1.165, 1.54) is 31.4 Å². The van der Waals surface area contributed by atoms with Gasteiger partial charge in [-0.25, -0.2) is 8.78 Å². The summed E-state index contributed by atoms with van der Waals surface area (Å²) in [5.74, 6) is -1.11. The Morgan fingerprint density at radius 3 is 2.45 bits per heavy atom. The van der Waals surface area contributed by atoms with Crippen molar-refractivity contribution in [1.82, 2.24) is 0 Å². The normalized spacial score (nSPS) is 10.4. The highest BCUT2D eigenvalue weighted by Crippen LogP contribution is 2.26. The van der Waals surface area contributed by atoms with Gasteiger partial charge in [-0.3, -0.25) is 0 Å². The minimum atomic E-state index is -0.597. The predicted octanol–water partition coefficient (Wildman–Crippen LogP) is 3.04. The van der Waals surface area contributed by atoms with Gasteiger partial charge >= 0.3 is 0 Å². The third kappa shape index (κ3) is 2.88. The van der Waals surface area contributed by atoms with Crippen molar-refractivity contribution in [2.75, 3.05) is 7.11 Å². The van der Waals surface area contributed by atoms with E-state index < -0.39 is 11.6 Å². The third-order valence-corrected chi connectivity index (χ3v) is 2.85. The number of benzene rings is 2. The van der Waals surface area contributed by atoms with Crippen LogP contribution in [0, 0.1) is 11.6 Å². The van der Waals surface area contributed by atoms with Gasteiger partial charge in [0.2, 0.25) is 0 Å². The van der Waals surface area contributed by atoms with E-state index in [0.717, 1.165) is 0 Å². The lowest BCUT2D eigenvalue weighted by Gasteiger charge is -2.12. The second-order valence-corrected chi connectivity index (χ2v) is 4.11. The fourth-order valence-electron chi connectivity index (χ4n) is 1.81. The van der Waals surface area contributed by atoms with Crippen molar-refractivity contribution >= 4 is 0 Å². The van der Waals surface area contributed by atoms with Crippen molar-refractivity contribution in [2.45, 2.75) is 13.2 Å². The molecule has 2 aromatic carbocycles. The van der Waals surface area contributed by atoms with Crippen LogP contribution in [-0.4, -0.2) is 12.2 Å². The lowest BCUT2D eigenvalue weighted by atomic mass is 10.2. The topological polar surface area (TPSA) is 38.7 Å². The molecule has 0 aliphatic heterocycles. The molecule has 0 aromatic heterocycles. The molecule has 0 aliphatic carbocycles. The van der Waals surface area contributed by atoms with Crippen molar-refractivity contribution in [3.05, 3.63) is 59.2 Å². The second kappa shape index (κ2) is 6.34. The predicted molar refractivity (Wildman–Crippen MR) is 69.6 cm³/mol. The summed E-state index contributed by atoms with van der Waals surface area (Å²) in [5, 5.41) is 9.14. The number of ether oxygens (including phenoxy) is 2.